The van der Waals surface area contributed by atoms with Gasteiger partial charge in [0.25, 0.3) is 5.91 Å². The molecule has 8 nitrogen and oxygen atoms in total. The van der Waals surface area contributed by atoms with Crippen LogP contribution in [0.2, 0.25) is 0 Å². The van der Waals surface area contributed by atoms with Crippen molar-refractivity contribution in [1.82, 2.24) is 15.2 Å². The fourth-order valence-corrected chi connectivity index (χ4v) is 4.22. The van der Waals surface area contributed by atoms with Gasteiger partial charge in [0.1, 0.15) is 11.7 Å². The van der Waals surface area contributed by atoms with Gasteiger partial charge in [0, 0.05) is 43.6 Å². The van der Waals surface area contributed by atoms with Gasteiger partial charge in [-0.3, -0.25) is 9.69 Å². The molecule has 8 N–H and O–H groups in total. The molecule has 0 aliphatic carbocycles. The number of carbonyl (C=O) groups is 1. The number of H-pyrrole nitrogens is 1. The predicted octanol–water partition coefficient (Wildman–Crippen LogP) is 2.25. The number of likely N-dealkylation sites (tertiary alicyclic amines) is 1. The molecule has 0 spiro atoms. The Morgan fingerprint density at radius 1 is 1.15 bits per heavy atom. The minimum atomic E-state index is -0.709. The van der Waals surface area contributed by atoms with Crippen molar-refractivity contribution in [2.24, 2.45) is 22.2 Å². The summed E-state index contributed by atoms with van der Waals surface area (Å²) in [7, 11) is 0. The average molecular weight is 464 g/mol. The number of carbonyl (C=O) groups excluding carboxylic acids is 1. The number of hydrogen-bond acceptors (Lipinski definition) is 5. The second kappa shape index (κ2) is 10.1. The van der Waals surface area contributed by atoms with Crippen LogP contribution in [-0.4, -0.2) is 46.8 Å². The highest BCUT2D eigenvalue weighted by atomic mass is 19.1. The topological polar surface area (TPSA) is 139 Å². The van der Waals surface area contributed by atoms with E-state index in [1.54, 1.807) is 0 Å². The molecule has 3 aromatic rings. The van der Waals surface area contributed by atoms with Crippen LogP contribution < -0.4 is 22.5 Å². The Labute approximate surface area is 197 Å². The Morgan fingerprint density at radius 2 is 1.85 bits per heavy atom. The predicted molar refractivity (Wildman–Crippen MR) is 133 cm³/mol. The number of fused-ring (bicyclic) bond motifs is 1. The fourth-order valence-electron chi connectivity index (χ4n) is 4.22. The Bertz CT molecular complexity index is 1170. The molecule has 34 heavy (non-hydrogen) atoms. The lowest BCUT2D eigenvalue weighted by molar-refractivity contribution is -0.114. The van der Waals surface area contributed by atoms with Crippen LogP contribution in [0.5, 0.6) is 0 Å². The number of aromatic amines is 1. The minimum absolute atomic E-state index is 0.0463. The molecule has 4 rings (SSSR count). The van der Waals surface area contributed by atoms with E-state index >= 15 is 0 Å². The molecule has 2 heterocycles. The van der Waals surface area contributed by atoms with E-state index in [2.05, 4.69) is 38.4 Å². The number of amidine groups is 1. The number of benzene rings is 2. The van der Waals surface area contributed by atoms with Gasteiger partial charge in [-0.1, -0.05) is 18.2 Å². The van der Waals surface area contributed by atoms with Gasteiger partial charge in [-0.05, 0) is 54.6 Å². The maximum Gasteiger partial charge on any atom is 0.253 e. The number of para-hydroxylation sites is 1. The molecule has 0 unspecified atom stereocenters. The number of nitrogens with one attached hydrogen (secondary N) is 2. The van der Waals surface area contributed by atoms with Crippen molar-refractivity contribution < 1.29 is 9.18 Å². The van der Waals surface area contributed by atoms with Crippen molar-refractivity contribution in [3.63, 3.8) is 0 Å². The first-order valence-electron chi connectivity index (χ1n) is 11.2. The zero-order chi connectivity index (χ0) is 24.1. The molecule has 1 aliphatic heterocycles. The number of hydrogen-bond donors (Lipinski definition) is 5. The molecule has 0 atom stereocenters. The molecule has 1 aliphatic rings. The number of nitrogens with zero attached hydrogens (tertiary/aromatic N) is 2. The Kier molecular flexibility index (Phi) is 6.95. The molecular weight excluding hydrogens is 433 g/mol. The monoisotopic (exact) mass is 463 g/mol. The van der Waals surface area contributed by atoms with Crippen molar-refractivity contribution >= 4 is 28.3 Å². The zero-order valence-corrected chi connectivity index (χ0v) is 18.9. The zero-order valence-electron chi connectivity index (χ0n) is 18.9. The maximum absolute atomic E-state index is 13.1. The first-order valence-corrected chi connectivity index (χ1v) is 11.2. The molecule has 1 aromatic heterocycles. The van der Waals surface area contributed by atoms with Crippen LogP contribution in [0.3, 0.4) is 0 Å². The SMILES string of the molecule is NCC1(N/C=C(/C(N)=O)C(N)=Nc2ccc(F)cc2)CCN(Cc2cc3ccccc3[nH]2)CC1. The van der Waals surface area contributed by atoms with E-state index < -0.39 is 5.91 Å². The summed E-state index contributed by atoms with van der Waals surface area (Å²) in [5.41, 5.74) is 20.1. The molecule has 0 saturated carbocycles. The Morgan fingerprint density at radius 3 is 2.50 bits per heavy atom. The summed E-state index contributed by atoms with van der Waals surface area (Å²) >= 11 is 0. The van der Waals surface area contributed by atoms with Crippen molar-refractivity contribution in [2.45, 2.75) is 24.9 Å². The van der Waals surface area contributed by atoms with Crippen LogP contribution >= 0.6 is 0 Å². The molecular formula is C25H30FN7O. The van der Waals surface area contributed by atoms with Crippen LogP contribution in [0.4, 0.5) is 10.1 Å². The summed E-state index contributed by atoms with van der Waals surface area (Å²) in [4.78, 5) is 22.1. The molecule has 0 bridgehead atoms. The summed E-state index contributed by atoms with van der Waals surface area (Å²) in [6.07, 6.45) is 3.09. The third-order valence-electron chi connectivity index (χ3n) is 6.32. The van der Waals surface area contributed by atoms with Crippen molar-refractivity contribution in [3.05, 3.63) is 77.9 Å². The van der Waals surface area contributed by atoms with E-state index in [9.17, 15) is 9.18 Å². The third kappa shape index (κ3) is 5.44. The first kappa shape index (κ1) is 23.5. The van der Waals surface area contributed by atoms with Crippen LogP contribution in [0.15, 0.2) is 71.4 Å². The van der Waals surface area contributed by atoms with Gasteiger partial charge >= 0.3 is 0 Å². The normalized spacial score (nSPS) is 17.1. The third-order valence-corrected chi connectivity index (χ3v) is 6.32. The van der Waals surface area contributed by atoms with Gasteiger partial charge in [0.2, 0.25) is 0 Å². The van der Waals surface area contributed by atoms with Crippen molar-refractivity contribution in [1.29, 1.82) is 0 Å². The molecule has 0 radical (unpaired) electrons. The number of rotatable bonds is 8. The highest BCUT2D eigenvalue weighted by Crippen LogP contribution is 2.24. The number of halogens is 1. The average Bonchev–Trinajstić information content (AvgIpc) is 3.24. The molecule has 1 fully saturated rings. The van der Waals surface area contributed by atoms with Crippen molar-refractivity contribution in [2.75, 3.05) is 19.6 Å². The molecule has 2 aromatic carbocycles. The second-order valence-corrected chi connectivity index (χ2v) is 8.68. The van der Waals surface area contributed by atoms with Crippen LogP contribution in [-0.2, 0) is 11.3 Å². The highest BCUT2D eigenvalue weighted by Gasteiger charge is 2.33. The van der Waals surface area contributed by atoms with Gasteiger partial charge in [-0.2, -0.15) is 0 Å². The van der Waals surface area contributed by atoms with Crippen LogP contribution in [0.25, 0.3) is 10.9 Å². The second-order valence-electron chi connectivity index (χ2n) is 8.68. The lowest BCUT2D eigenvalue weighted by Crippen LogP contribution is -2.56. The van der Waals surface area contributed by atoms with Gasteiger partial charge in [-0.15, -0.1) is 0 Å². The Balaban J connectivity index is 1.41. The first-order chi connectivity index (χ1) is 16.4. The summed E-state index contributed by atoms with van der Waals surface area (Å²) < 4.78 is 13.1. The van der Waals surface area contributed by atoms with E-state index in [-0.39, 0.29) is 22.8 Å². The standard InChI is InChI=1S/C25H30FN7O/c26-18-5-7-19(8-6-18)32-23(28)21(24(29)34)14-30-25(16-27)9-11-33(12-10-25)15-20-13-17-3-1-2-4-22(17)31-20/h1-8,13-14,30-31H,9-12,15-16,27H2,(H2,28,32)(H2,29,34)/b21-14+. The van der Waals surface area contributed by atoms with E-state index in [0.717, 1.165) is 38.0 Å². The van der Waals surface area contributed by atoms with E-state index in [0.29, 0.717) is 12.2 Å². The van der Waals surface area contributed by atoms with E-state index in [4.69, 9.17) is 17.2 Å². The smallest absolute Gasteiger partial charge is 0.253 e. The summed E-state index contributed by atoms with van der Waals surface area (Å²) in [5.74, 6) is -1.14. The lowest BCUT2D eigenvalue weighted by atomic mass is 9.87. The Hall–Kier alpha value is -3.69. The van der Waals surface area contributed by atoms with Crippen LogP contribution in [0, 0.1) is 5.82 Å². The van der Waals surface area contributed by atoms with Gasteiger partial charge < -0.3 is 27.5 Å². The summed E-state index contributed by atoms with van der Waals surface area (Å²) in [6.45, 7) is 2.91. The lowest BCUT2D eigenvalue weighted by Gasteiger charge is -2.41. The number of aliphatic imine (C=N–C) groups is 1. The molecule has 1 saturated heterocycles. The summed E-state index contributed by atoms with van der Waals surface area (Å²) in [5, 5.41) is 4.51. The maximum atomic E-state index is 13.1. The number of nitrogens with two attached hydrogens (primary N) is 3. The van der Waals surface area contributed by atoms with E-state index in [1.165, 1.54) is 41.5 Å². The minimum Gasteiger partial charge on any atom is -0.383 e. The number of piperidine rings is 1. The highest BCUT2D eigenvalue weighted by molar-refractivity contribution is 6.20. The quantitative estimate of drug-likeness (QED) is 0.198. The van der Waals surface area contributed by atoms with Gasteiger partial charge in [0.15, 0.2) is 0 Å². The number of aromatic nitrogens is 1. The number of amides is 1. The van der Waals surface area contributed by atoms with Crippen LogP contribution in [0.1, 0.15) is 18.5 Å². The molecule has 1 amide bonds. The fraction of sp³-hybridized carbons (Fsp3) is 0.280. The largest absolute Gasteiger partial charge is 0.383 e. The molecule has 9 heteroatoms. The number of primary amides is 1. The van der Waals surface area contributed by atoms with Gasteiger partial charge in [-0.25, -0.2) is 9.38 Å². The van der Waals surface area contributed by atoms with E-state index in [1.807, 2.05) is 12.1 Å². The van der Waals surface area contributed by atoms with Crippen molar-refractivity contribution in [3.8, 4) is 0 Å². The van der Waals surface area contributed by atoms with Gasteiger partial charge in [0.05, 0.1) is 16.8 Å². The summed E-state index contributed by atoms with van der Waals surface area (Å²) in [6, 6.07) is 15.9. The molecule has 178 valence electrons.